The van der Waals surface area contributed by atoms with Gasteiger partial charge in [-0.05, 0) is 56.5 Å². The molecule has 41 heavy (non-hydrogen) atoms. The lowest BCUT2D eigenvalue weighted by Gasteiger charge is -2.34. The number of hydrogen-bond acceptors (Lipinski definition) is 4. The molecule has 0 spiro atoms. The molecule has 0 heterocycles. The lowest BCUT2D eigenvalue weighted by atomic mass is 10.0. The molecular weight excluding hydrogens is 581 g/mol. The Kier molecular flexibility index (Phi) is 11.2. The van der Waals surface area contributed by atoms with E-state index in [9.17, 15) is 18.0 Å². The number of nitrogens with one attached hydrogen (secondary N) is 1. The zero-order valence-corrected chi connectivity index (χ0v) is 26.4. The van der Waals surface area contributed by atoms with E-state index in [4.69, 9.17) is 23.2 Å². The van der Waals surface area contributed by atoms with E-state index in [1.165, 1.54) is 4.90 Å². The van der Waals surface area contributed by atoms with Crippen molar-refractivity contribution in [3.8, 4) is 0 Å². The van der Waals surface area contributed by atoms with Crippen molar-refractivity contribution in [2.45, 2.75) is 59.2 Å². The van der Waals surface area contributed by atoms with Crippen LogP contribution in [0.25, 0.3) is 0 Å². The highest BCUT2D eigenvalue weighted by molar-refractivity contribution is 7.92. The van der Waals surface area contributed by atoms with Crippen molar-refractivity contribution in [1.82, 2.24) is 10.2 Å². The molecule has 0 aliphatic rings. The Morgan fingerprint density at radius 2 is 1.59 bits per heavy atom. The number of amides is 2. The molecule has 3 aromatic rings. The second-order valence-electron chi connectivity index (χ2n) is 10.3. The van der Waals surface area contributed by atoms with Crippen molar-refractivity contribution in [2.75, 3.05) is 17.1 Å². The van der Waals surface area contributed by atoms with Crippen LogP contribution in [0.5, 0.6) is 0 Å². The third kappa shape index (κ3) is 8.71. The number of aryl methyl sites for hydroxylation is 2. The van der Waals surface area contributed by atoms with Gasteiger partial charge in [-0.3, -0.25) is 13.9 Å². The van der Waals surface area contributed by atoms with Gasteiger partial charge in [-0.25, -0.2) is 8.42 Å². The Morgan fingerprint density at radius 3 is 2.15 bits per heavy atom. The van der Waals surface area contributed by atoms with Crippen LogP contribution >= 0.6 is 23.2 Å². The Labute approximate surface area is 253 Å². The molecule has 0 saturated carbocycles. The molecule has 0 aliphatic heterocycles. The number of carbonyl (C=O) groups excluding carboxylic acids is 2. The van der Waals surface area contributed by atoms with Crippen molar-refractivity contribution >= 4 is 50.7 Å². The minimum Gasteiger partial charge on any atom is -0.352 e. The van der Waals surface area contributed by atoms with E-state index in [1.54, 1.807) is 37.3 Å². The first-order valence-electron chi connectivity index (χ1n) is 13.4. The summed E-state index contributed by atoms with van der Waals surface area (Å²) >= 11 is 13.0. The summed E-state index contributed by atoms with van der Waals surface area (Å²) in [6.07, 6.45) is 1.97. The number of halogens is 2. The minimum atomic E-state index is -3.87. The number of rotatable bonds is 12. The van der Waals surface area contributed by atoms with Crippen LogP contribution < -0.4 is 9.62 Å². The zero-order chi connectivity index (χ0) is 30.3. The maximum absolute atomic E-state index is 14.2. The average molecular weight is 619 g/mol. The molecule has 3 rings (SSSR count). The summed E-state index contributed by atoms with van der Waals surface area (Å²) in [6, 6.07) is 18.6. The number of carbonyl (C=O) groups is 2. The van der Waals surface area contributed by atoms with E-state index >= 15 is 0 Å². The van der Waals surface area contributed by atoms with Crippen LogP contribution in [-0.2, 0) is 32.6 Å². The van der Waals surface area contributed by atoms with Crippen LogP contribution in [-0.4, -0.2) is 50.0 Å². The summed E-state index contributed by atoms with van der Waals surface area (Å²) in [5, 5.41) is 3.68. The quantitative estimate of drug-likeness (QED) is 0.273. The molecule has 3 aromatic carbocycles. The van der Waals surface area contributed by atoms with Crippen molar-refractivity contribution < 1.29 is 18.0 Å². The maximum atomic E-state index is 14.2. The van der Waals surface area contributed by atoms with Gasteiger partial charge < -0.3 is 10.2 Å². The van der Waals surface area contributed by atoms with Gasteiger partial charge in [-0.2, -0.15) is 0 Å². The molecule has 220 valence electrons. The Balaban J connectivity index is 2.13. The van der Waals surface area contributed by atoms with Gasteiger partial charge in [-0.15, -0.1) is 0 Å². The summed E-state index contributed by atoms with van der Waals surface area (Å²) in [4.78, 5) is 29.4. The molecule has 7 nitrogen and oxygen atoms in total. The molecule has 2 amide bonds. The SMILES string of the molecule is CC[C@@H](C)NC(=O)[C@@H](Cc1ccccc1)N(Cc1c(Cl)cccc1Cl)C(=O)CN(c1ccc(C)cc1C)S(C)(=O)=O. The van der Waals surface area contributed by atoms with E-state index in [0.29, 0.717) is 33.3 Å². The highest BCUT2D eigenvalue weighted by Gasteiger charge is 2.34. The first-order chi connectivity index (χ1) is 19.3. The number of benzene rings is 3. The summed E-state index contributed by atoms with van der Waals surface area (Å²) in [5.41, 5.74) is 3.38. The van der Waals surface area contributed by atoms with Crippen molar-refractivity contribution in [3.63, 3.8) is 0 Å². The topological polar surface area (TPSA) is 86.8 Å². The molecule has 10 heteroatoms. The largest absolute Gasteiger partial charge is 0.352 e. The van der Waals surface area contributed by atoms with Crippen LogP contribution in [0.2, 0.25) is 10.0 Å². The molecule has 0 unspecified atom stereocenters. The molecule has 0 radical (unpaired) electrons. The molecule has 0 aromatic heterocycles. The fraction of sp³-hybridized carbons (Fsp3) is 0.355. The zero-order valence-electron chi connectivity index (χ0n) is 24.0. The lowest BCUT2D eigenvalue weighted by molar-refractivity contribution is -0.140. The Bertz CT molecular complexity index is 1460. The van der Waals surface area contributed by atoms with Gasteiger partial charge in [-0.1, -0.05) is 84.2 Å². The molecule has 0 aliphatic carbocycles. The van der Waals surface area contributed by atoms with Gasteiger partial charge in [0.2, 0.25) is 21.8 Å². The normalized spacial score (nSPS) is 12.9. The summed E-state index contributed by atoms with van der Waals surface area (Å²) in [7, 11) is -3.87. The fourth-order valence-electron chi connectivity index (χ4n) is 4.53. The smallest absolute Gasteiger partial charge is 0.244 e. The minimum absolute atomic E-state index is 0.0900. The van der Waals surface area contributed by atoms with Gasteiger partial charge >= 0.3 is 0 Å². The average Bonchev–Trinajstić information content (AvgIpc) is 2.90. The molecule has 0 saturated heterocycles. The van der Waals surface area contributed by atoms with Gasteiger partial charge in [0.25, 0.3) is 0 Å². The Morgan fingerprint density at radius 1 is 0.951 bits per heavy atom. The maximum Gasteiger partial charge on any atom is 0.244 e. The first-order valence-corrected chi connectivity index (χ1v) is 16.0. The van der Waals surface area contributed by atoms with E-state index < -0.39 is 28.5 Å². The van der Waals surface area contributed by atoms with Crippen LogP contribution in [0, 0.1) is 13.8 Å². The van der Waals surface area contributed by atoms with Crippen LogP contribution in [0.4, 0.5) is 5.69 Å². The predicted molar refractivity (Wildman–Crippen MR) is 167 cm³/mol. The van der Waals surface area contributed by atoms with Crippen LogP contribution in [0.15, 0.2) is 66.7 Å². The number of hydrogen-bond donors (Lipinski definition) is 1. The van der Waals surface area contributed by atoms with E-state index in [1.807, 2.05) is 57.2 Å². The summed E-state index contributed by atoms with van der Waals surface area (Å²) in [5.74, 6) is -0.913. The third-order valence-corrected chi connectivity index (χ3v) is 8.80. The highest BCUT2D eigenvalue weighted by Crippen LogP contribution is 2.29. The monoisotopic (exact) mass is 617 g/mol. The standard InChI is InChI=1S/C31H37Cl2N3O4S/c1-6-23(4)34-31(38)29(18-24-11-8-7-9-12-24)35(19-25-26(32)13-10-14-27(25)33)30(37)20-36(41(5,39)40)28-16-15-21(2)17-22(28)3/h7-17,23,29H,6,18-20H2,1-5H3,(H,34,38)/t23-,29-/m1/s1. The molecule has 0 fully saturated rings. The van der Waals surface area contributed by atoms with Crippen LogP contribution in [0.3, 0.4) is 0 Å². The molecule has 2 atom stereocenters. The van der Waals surface area contributed by atoms with Gasteiger partial charge in [0.1, 0.15) is 12.6 Å². The predicted octanol–water partition coefficient (Wildman–Crippen LogP) is 5.93. The van der Waals surface area contributed by atoms with Crippen molar-refractivity contribution in [2.24, 2.45) is 0 Å². The van der Waals surface area contributed by atoms with Gasteiger partial charge in [0.15, 0.2) is 0 Å². The molecular formula is C31H37Cl2N3O4S. The number of nitrogens with zero attached hydrogens (tertiary/aromatic N) is 2. The number of sulfonamides is 1. The van der Waals surface area contributed by atoms with Gasteiger partial charge in [0.05, 0.1) is 11.9 Å². The lowest BCUT2D eigenvalue weighted by Crippen LogP contribution is -2.54. The van der Waals surface area contributed by atoms with Crippen molar-refractivity contribution in [1.29, 1.82) is 0 Å². The second-order valence-corrected chi connectivity index (χ2v) is 13.0. The highest BCUT2D eigenvalue weighted by atomic mass is 35.5. The van der Waals surface area contributed by atoms with Gasteiger partial charge in [0, 0.05) is 34.6 Å². The first kappa shape index (κ1) is 32.4. The molecule has 1 N–H and O–H groups in total. The third-order valence-electron chi connectivity index (χ3n) is 6.96. The van der Waals surface area contributed by atoms with E-state index in [0.717, 1.165) is 21.7 Å². The van der Waals surface area contributed by atoms with E-state index in [-0.39, 0.29) is 24.9 Å². The van der Waals surface area contributed by atoms with E-state index in [2.05, 4.69) is 5.32 Å². The second kappa shape index (κ2) is 14.2. The fourth-order valence-corrected chi connectivity index (χ4v) is 5.95. The number of anilines is 1. The van der Waals surface area contributed by atoms with Crippen molar-refractivity contribution in [3.05, 3.63) is 99.0 Å². The summed E-state index contributed by atoms with van der Waals surface area (Å²) in [6.45, 7) is 6.95. The Hall–Kier alpha value is -3.07. The molecule has 0 bridgehead atoms. The summed E-state index contributed by atoms with van der Waals surface area (Å²) < 4.78 is 27.1. The van der Waals surface area contributed by atoms with Crippen LogP contribution in [0.1, 0.15) is 42.5 Å².